The number of hydrogen-bond donors (Lipinski definition) is 1. The molecule has 0 aromatic heterocycles. The number of nitrogens with zero attached hydrogens (tertiary/aromatic N) is 1. The van der Waals surface area contributed by atoms with Crippen molar-refractivity contribution in [3.05, 3.63) is 101 Å². The SMILES string of the molecule is CCN(CC)C(=O)c1ccccc1CC(NS(=O)(=O)c1ccc(C)cc1)c1ccccc1. The molecule has 5 nitrogen and oxygen atoms in total. The maximum Gasteiger partial charge on any atom is 0.254 e. The normalized spacial score (nSPS) is 12.3. The molecule has 1 unspecified atom stereocenters. The summed E-state index contributed by atoms with van der Waals surface area (Å²) in [6.07, 6.45) is 0.359. The van der Waals surface area contributed by atoms with Crippen molar-refractivity contribution in [3.63, 3.8) is 0 Å². The number of carbonyl (C=O) groups excluding carboxylic acids is 1. The minimum absolute atomic E-state index is 0.0428. The molecule has 1 atom stereocenters. The largest absolute Gasteiger partial charge is 0.339 e. The molecule has 1 N–H and O–H groups in total. The van der Waals surface area contributed by atoms with E-state index in [1.807, 2.05) is 75.4 Å². The molecule has 168 valence electrons. The van der Waals surface area contributed by atoms with Crippen LogP contribution in [0.3, 0.4) is 0 Å². The van der Waals surface area contributed by atoms with Crippen LogP contribution in [0.2, 0.25) is 0 Å². The van der Waals surface area contributed by atoms with Gasteiger partial charge in [0, 0.05) is 18.7 Å². The van der Waals surface area contributed by atoms with Gasteiger partial charge >= 0.3 is 0 Å². The summed E-state index contributed by atoms with van der Waals surface area (Å²) in [5, 5.41) is 0. The Morgan fingerprint density at radius 3 is 2.09 bits per heavy atom. The molecule has 1 amide bonds. The van der Waals surface area contributed by atoms with Crippen LogP contribution in [0.5, 0.6) is 0 Å². The molecular formula is C26H30N2O3S. The van der Waals surface area contributed by atoms with Crippen molar-refractivity contribution in [2.24, 2.45) is 0 Å². The molecule has 0 spiro atoms. The van der Waals surface area contributed by atoms with Crippen LogP contribution in [0.15, 0.2) is 83.8 Å². The Morgan fingerprint density at radius 1 is 0.875 bits per heavy atom. The maximum atomic E-state index is 13.2. The summed E-state index contributed by atoms with van der Waals surface area (Å²) in [5.41, 5.74) is 3.25. The third kappa shape index (κ3) is 5.64. The zero-order chi connectivity index (χ0) is 23.1. The quantitative estimate of drug-likeness (QED) is 0.512. The summed E-state index contributed by atoms with van der Waals surface area (Å²) in [5.74, 6) is -0.0428. The summed E-state index contributed by atoms with van der Waals surface area (Å²) >= 11 is 0. The van der Waals surface area contributed by atoms with Crippen molar-refractivity contribution in [3.8, 4) is 0 Å². The lowest BCUT2D eigenvalue weighted by molar-refractivity contribution is 0.0772. The van der Waals surface area contributed by atoms with Gasteiger partial charge in [-0.2, -0.15) is 0 Å². The van der Waals surface area contributed by atoms with Crippen LogP contribution in [-0.2, 0) is 16.4 Å². The number of hydrogen-bond acceptors (Lipinski definition) is 3. The number of aryl methyl sites for hydroxylation is 1. The van der Waals surface area contributed by atoms with E-state index in [0.717, 1.165) is 16.7 Å². The molecule has 0 heterocycles. The van der Waals surface area contributed by atoms with Crippen LogP contribution in [0.4, 0.5) is 0 Å². The van der Waals surface area contributed by atoms with E-state index in [4.69, 9.17) is 0 Å². The van der Waals surface area contributed by atoms with Crippen molar-refractivity contribution in [1.29, 1.82) is 0 Å². The molecular weight excluding hydrogens is 420 g/mol. The summed E-state index contributed by atoms with van der Waals surface area (Å²) in [6.45, 7) is 7.05. The van der Waals surface area contributed by atoms with E-state index in [-0.39, 0.29) is 10.8 Å². The zero-order valence-electron chi connectivity index (χ0n) is 18.8. The standard InChI is InChI=1S/C26H30N2O3S/c1-4-28(5-2)26(29)24-14-10-9-13-22(24)19-25(21-11-7-6-8-12-21)27-32(30,31)23-17-15-20(3)16-18-23/h6-18,25,27H,4-5,19H2,1-3H3. The Hall–Kier alpha value is -2.96. The topological polar surface area (TPSA) is 66.5 Å². The summed E-state index contributed by atoms with van der Waals surface area (Å²) < 4.78 is 29.2. The van der Waals surface area contributed by atoms with Crippen LogP contribution in [0.25, 0.3) is 0 Å². The molecule has 32 heavy (non-hydrogen) atoms. The van der Waals surface area contributed by atoms with Gasteiger partial charge in [0.1, 0.15) is 0 Å². The number of nitrogens with one attached hydrogen (secondary N) is 1. The minimum Gasteiger partial charge on any atom is -0.339 e. The molecule has 0 saturated carbocycles. The van der Waals surface area contributed by atoms with E-state index in [1.54, 1.807) is 29.2 Å². The highest BCUT2D eigenvalue weighted by molar-refractivity contribution is 7.89. The van der Waals surface area contributed by atoms with Gasteiger partial charge in [-0.3, -0.25) is 4.79 Å². The molecule has 0 radical (unpaired) electrons. The highest BCUT2D eigenvalue weighted by Gasteiger charge is 2.24. The number of rotatable bonds is 9. The second kappa shape index (κ2) is 10.6. The molecule has 0 bridgehead atoms. The Bertz CT molecular complexity index is 1140. The third-order valence-electron chi connectivity index (χ3n) is 5.55. The van der Waals surface area contributed by atoms with Gasteiger partial charge in [-0.1, -0.05) is 66.2 Å². The van der Waals surface area contributed by atoms with Gasteiger partial charge in [-0.25, -0.2) is 13.1 Å². The Morgan fingerprint density at radius 2 is 1.47 bits per heavy atom. The molecule has 0 aliphatic heterocycles. The smallest absolute Gasteiger partial charge is 0.254 e. The van der Waals surface area contributed by atoms with Crippen LogP contribution < -0.4 is 4.72 Å². The molecule has 0 aliphatic rings. The molecule has 0 aliphatic carbocycles. The third-order valence-corrected chi connectivity index (χ3v) is 7.04. The number of carbonyl (C=O) groups is 1. The van der Waals surface area contributed by atoms with Crippen LogP contribution in [-0.4, -0.2) is 32.3 Å². The zero-order valence-corrected chi connectivity index (χ0v) is 19.6. The fraction of sp³-hybridized carbons (Fsp3) is 0.269. The van der Waals surface area contributed by atoms with Crippen LogP contribution in [0, 0.1) is 6.92 Å². The minimum atomic E-state index is -3.75. The van der Waals surface area contributed by atoms with Crippen molar-refractivity contribution in [2.75, 3.05) is 13.1 Å². The lowest BCUT2D eigenvalue weighted by Crippen LogP contribution is -2.33. The van der Waals surface area contributed by atoms with Gasteiger partial charge in [0.15, 0.2) is 0 Å². The van der Waals surface area contributed by atoms with E-state index < -0.39 is 16.1 Å². The van der Waals surface area contributed by atoms with E-state index >= 15 is 0 Å². The van der Waals surface area contributed by atoms with Gasteiger partial charge in [-0.05, 0) is 56.5 Å². The predicted octanol–water partition coefficient (Wildman–Crippen LogP) is 4.74. The van der Waals surface area contributed by atoms with E-state index in [0.29, 0.717) is 25.1 Å². The summed E-state index contributed by atoms with van der Waals surface area (Å²) in [6, 6.07) is 23.2. The number of benzene rings is 3. The van der Waals surface area contributed by atoms with Crippen molar-refractivity contribution < 1.29 is 13.2 Å². The number of sulfonamides is 1. The first-order chi connectivity index (χ1) is 15.4. The van der Waals surface area contributed by atoms with Crippen molar-refractivity contribution >= 4 is 15.9 Å². The first kappa shape index (κ1) is 23.7. The molecule has 3 rings (SSSR count). The van der Waals surface area contributed by atoms with E-state index in [2.05, 4.69) is 4.72 Å². The molecule has 0 fully saturated rings. The van der Waals surface area contributed by atoms with E-state index in [9.17, 15) is 13.2 Å². The first-order valence-electron chi connectivity index (χ1n) is 10.9. The van der Waals surface area contributed by atoms with Gasteiger partial charge in [-0.15, -0.1) is 0 Å². The maximum absolute atomic E-state index is 13.2. The monoisotopic (exact) mass is 450 g/mol. The predicted molar refractivity (Wildman–Crippen MR) is 128 cm³/mol. The summed E-state index contributed by atoms with van der Waals surface area (Å²) in [7, 11) is -3.75. The molecule has 3 aromatic rings. The van der Waals surface area contributed by atoms with Crippen LogP contribution >= 0.6 is 0 Å². The molecule has 0 saturated heterocycles. The van der Waals surface area contributed by atoms with Gasteiger partial charge in [0.05, 0.1) is 10.9 Å². The Kier molecular flexibility index (Phi) is 7.83. The number of amides is 1. The van der Waals surface area contributed by atoms with Gasteiger partial charge in [0.25, 0.3) is 5.91 Å². The summed E-state index contributed by atoms with van der Waals surface area (Å²) in [4.78, 5) is 15.1. The molecule has 3 aromatic carbocycles. The fourth-order valence-electron chi connectivity index (χ4n) is 3.69. The van der Waals surface area contributed by atoms with Crippen molar-refractivity contribution in [1.82, 2.24) is 9.62 Å². The lowest BCUT2D eigenvalue weighted by Gasteiger charge is -2.23. The van der Waals surface area contributed by atoms with Crippen LogP contribution in [0.1, 0.15) is 46.9 Å². The van der Waals surface area contributed by atoms with E-state index in [1.165, 1.54) is 0 Å². The highest BCUT2D eigenvalue weighted by atomic mass is 32.2. The second-order valence-corrected chi connectivity index (χ2v) is 9.45. The average molecular weight is 451 g/mol. The van der Waals surface area contributed by atoms with Gasteiger partial charge < -0.3 is 4.90 Å². The second-order valence-electron chi connectivity index (χ2n) is 7.74. The average Bonchev–Trinajstić information content (AvgIpc) is 2.80. The first-order valence-corrected chi connectivity index (χ1v) is 12.3. The Balaban J connectivity index is 1.97. The van der Waals surface area contributed by atoms with Crippen molar-refractivity contribution in [2.45, 2.75) is 38.1 Å². The lowest BCUT2D eigenvalue weighted by atomic mass is 9.95. The molecule has 6 heteroatoms. The van der Waals surface area contributed by atoms with Gasteiger partial charge in [0.2, 0.25) is 10.0 Å². The Labute approximate surface area is 191 Å². The highest BCUT2D eigenvalue weighted by Crippen LogP contribution is 2.24. The fourth-order valence-corrected chi connectivity index (χ4v) is 4.92.